The van der Waals surface area contributed by atoms with Crippen molar-refractivity contribution in [3.05, 3.63) is 54.1 Å². The Morgan fingerprint density at radius 2 is 1.75 bits per heavy atom. The van der Waals surface area contributed by atoms with Crippen molar-refractivity contribution in [1.82, 2.24) is 4.98 Å². The minimum Gasteiger partial charge on any atom is -0.423 e. The van der Waals surface area contributed by atoms with Crippen molar-refractivity contribution in [2.24, 2.45) is 0 Å². The summed E-state index contributed by atoms with van der Waals surface area (Å²) in [6.45, 7) is 0. The Bertz CT molecular complexity index is 735. The number of hydrogen-bond acceptors (Lipinski definition) is 3. The van der Waals surface area contributed by atoms with Crippen LogP contribution in [0, 0.1) is 0 Å². The fraction of sp³-hybridized carbons (Fsp3) is 0.0714. The van der Waals surface area contributed by atoms with Crippen LogP contribution in [0.4, 0.5) is 24.9 Å². The van der Waals surface area contributed by atoms with E-state index in [0.717, 1.165) is 17.8 Å². The Balaban J connectivity index is 1.95. The molecule has 0 spiro atoms. The van der Waals surface area contributed by atoms with Crippen LogP contribution in [0.2, 0.25) is 0 Å². The maximum absolute atomic E-state index is 12.6. The number of para-hydroxylation sites is 1. The molecule has 0 bridgehead atoms. The number of alkyl halides is 3. The number of benzene rings is 2. The lowest BCUT2D eigenvalue weighted by atomic mass is 10.2. The molecule has 3 rings (SSSR count). The molecule has 1 heterocycles. The smallest absolute Gasteiger partial charge is 0.416 e. The number of anilines is 2. The lowest BCUT2D eigenvalue weighted by molar-refractivity contribution is -0.137. The molecule has 0 amide bonds. The fourth-order valence-electron chi connectivity index (χ4n) is 1.80. The van der Waals surface area contributed by atoms with E-state index in [-0.39, 0.29) is 11.5 Å². The molecule has 6 heteroatoms. The van der Waals surface area contributed by atoms with Gasteiger partial charge in [0.15, 0.2) is 5.58 Å². The van der Waals surface area contributed by atoms with E-state index in [2.05, 4.69) is 10.3 Å². The van der Waals surface area contributed by atoms with Gasteiger partial charge in [-0.15, -0.1) is 0 Å². The number of nitrogens with one attached hydrogen (secondary N) is 1. The number of fused-ring (bicyclic) bond motifs is 1. The van der Waals surface area contributed by atoms with E-state index in [0.29, 0.717) is 5.58 Å². The van der Waals surface area contributed by atoms with Crippen LogP contribution < -0.4 is 5.32 Å². The van der Waals surface area contributed by atoms with Crippen LogP contribution in [0.1, 0.15) is 5.56 Å². The molecule has 0 aliphatic heterocycles. The molecule has 102 valence electrons. The lowest BCUT2D eigenvalue weighted by Gasteiger charge is -2.04. The van der Waals surface area contributed by atoms with Gasteiger partial charge in [-0.25, -0.2) is 0 Å². The van der Waals surface area contributed by atoms with E-state index in [4.69, 9.17) is 4.42 Å². The van der Waals surface area contributed by atoms with Crippen molar-refractivity contribution < 1.29 is 17.6 Å². The van der Waals surface area contributed by atoms with E-state index < -0.39 is 11.7 Å². The molecule has 2 aromatic carbocycles. The number of rotatable bonds is 2. The Kier molecular flexibility index (Phi) is 2.85. The molecule has 0 unspecified atom stereocenters. The summed E-state index contributed by atoms with van der Waals surface area (Å²) in [6, 6.07) is 12.5. The van der Waals surface area contributed by atoms with Gasteiger partial charge in [0.05, 0.1) is 5.56 Å². The van der Waals surface area contributed by atoms with Gasteiger partial charge >= 0.3 is 6.18 Å². The van der Waals surface area contributed by atoms with Crippen molar-refractivity contribution in [3.63, 3.8) is 0 Å². The first-order valence-electron chi connectivity index (χ1n) is 5.82. The Labute approximate surface area is 112 Å². The number of aromatic nitrogens is 1. The number of nitrogens with zero attached hydrogens (tertiary/aromatic N) is 1. The molecule has 20 heavy (non-hydrogen) atoms. The van der Waals surface area contributed by atoms with Crippen LogP contribution in [-0.2, 0) is 6.18 Å². The average molecular weight is 278 g/mol. The first-order valence-corrected chi connectivity index (χ1v) is 5.82. The molecule has 0 atom stereocenters. The third-order valence-electron chi connectivity index (χ3n) is 2.74. The second-order valence-electron chi connectivity index (χ2n) is 4.19. The molecule has 0 radical (unpaired) electrons. The zero-order valence-corrected chi connectivity index (χ0v) is 10.1. The predicted molar refractivity (Wildman–Crippen MR) is 68.7 cm³/mol. The summed E-state index contributed by atoms with van der Waals surface area (Å²) in [5.74, 6) is 0. The molecule has 1 N–H and O–H groups in total. The van der Waals surface area contributed by atoms with Crippen molar-refractivity contribution >= 4 is 22.8 Å². The highest BCUT2D eigenvalue weighted by Gasteiger charge is 2.31. The van der Waals surface area contributed by atoms with Gasteiger partial charge in [-0.05, 0) is 30.3 Å². The maximum atomic E-state index is 12.6. The van der Waals surface area contributed by atoms with E-state index in [9.17, 15) is 13.2 Å². The van der Waals surface area contributed by atoms with Gasteiger partial charge in [-0.1, -0.05) is 18.2 Å². The number of hydrogen-bond donors (Lipinski definition) is 1. The maximum Gasteiger partial charge on any atom is 0.416 e. The van der Waals surface area contributed by atoms with E-state index in [1.165, 1.54) is 6.07 Å². The monoisotopic (exact) mass is 278 g/mol. The molecule has 3 aromatic rings. The van der Waals surface area contributed by atoms with Crippen molar-refractivity contribution in [1.29, 1.82) is 0 Å². The van der Waals surface area contributed by atoms with Crippen LogP contribution in [0.25, 0.3) is 11.1 Å². The molecule has 0 saturated heterocycles. The number of halogens is 3. The van der Waals surface area contributed by atoms with E-state index in [1.807, 2.05) is 18.2 Å². The van der Waals surface area contributed by atoms with Crippen molar-refractivity contribution in [2.45, 2.75) is 6.18 Å². The summed E-state index contributed by atoms with van der Waals surface area (Å²) in [5.41, 5.74) is 0.467. The van der Waals surface area contributed by atoms with Crippen molar-refractivity contribution in [3.8, 4) is 0 Å². The first kappa shape index (κ1) is 12.5. The fourth-order valence-corrected chi connectivity index (χ4v) is 1.80. The highest BCUT2D eigenvalue weighted by Crippen LogP contribution is 2.32. The first-order chi connectivity index (χ1) is 9.52. The molecule has 0 aliphatic carbocycles. The highest BCUT2D eigenvalue weighted by atomic mass is 19.4. The minimum absolute atomic E-state index is 0.158. The van der Waals surface area contributed by atoms with Gasteiger partial charge in [-0.2, -0.15) is 18.2 Å². The summed E-state index contributed by atoms with van der Waals surface area (Å²) in [5, 5.41) is 2.89. The van der Waals surface area contributed by atoms with Gasteiger partial charge in [0.1, 0.15) is 5.52 Å². The third-order valence-corrected chi connectivity index (χ3v) is 2.74. The summed E-state index contributed by atoms with van der Waals surface area (Å²) in [6.07, 6.45) is -4.39. The normalized spacial score (nSPS) is 11.8. The van der Waals surface area contributed by atoms with Gasteiger partial charge in [0.2, 0.25) is 0 Å². The van der Waals surface area contributed by atoms with E-state index in [1.54, 1.807) is 12.1 Å². The zero-order chi connectivity index (χ0) is 14.2. The third kappa shape index (κ3) is 2.45. The topological polar surface area (TPSA) is 38.1 Å². The quantitative estimate of drug-likeness (QED) is 0.745. The molecule has 3 nitrogen and oxygen atoms in total. The Morgan fingerprint density at radius 1 is 1.00 bits per heavy atom. The largest absolute Gasteiger partial charge is 0.423 e. The second-order valence-corrected chi connectivity index (χ2v) is 4.19. The highest BCUT2D eigenvalue weighted by molar-refractivity contribution is 5.76. The van der Waals surface area contributed by atoms with Crippen LogP contribution in [0.5, 0.6) is 0 Å². The molecule has 0 saturated carbocycles. The standard InChI is InChI=1S/C14H9F3N2O/c15-14(16,17)9-6-7-12-11(8-9)19-13(20-12)18-10-4-2-1-3-5-10/h1-8H,(H,18,19). The molecular weight excluding hydrogens is 269 g/mol. The van der Waals surface area contributed by atoms with Crippen LogP contribution in [0.3, 0.4) is 0 Å². The van der Waals surface area contributed by atoms with Crippen LogP contribution in [0.15, 0.2) is 52.9 Å². The molecule has 0 aliphatic rings. The summed E-state index contributed by atoms with van der Waals surface area (Å²) >= 11 is 0. The zero-order valence-electron chi connectivity index (χ0n) is 10.1. The van der Waals surface area contributed by atoms with E-state index >= 15 is 0 Å². The Morgan fingerprint density at radius 3 is 2.45 bits per heavy atom. The van der Waals surface area contributed by atoms with Crippen molar-refractivity contribution in [2.75, 3.05) is 5.32 Å². The van der Waals surface area contributed by atoms with Gasteiger partial charge in [0, 0.05) is 5.69 Å². The number of oxazole rings is 1. The predicted octanol–water partition coefficient (Wildman–Crippen LogP) is 4.59. The molecule has 1 aromatic heterocycles. The minimum atomic E-state index is -4.39. The summed E-state index contributed by atoms with van der Waals surface area (Å²) < 4.78 is 43.1. The second kappa shape index (κ2) is 4.56. The van der Waals surface area contributed by atoms with Gasteiger partial charge < -0.3 is 9.73 Å². The summed E-state index contributed by atoms with van der Waals surface area (Å²) in [4.78, 5) is 4.00. The Hall–Kier alpha value is -2.50. The summed E-state index contributed by atoms with van der Waals surface area (Å²) in [7, 11) is 0. The molecular formula is C14H9F3N2O. The van der Waals surface area contributed by atoms with Crippen LogP contribution in [-0.4, -0.2) is 4.98 Å². The molecule has 0 fully saturated rings. The van der Waals surface area contributed by atoms with Gasteiger partial charge in [0.25, 0.3) is 6.01 Å². The average Bonchev–Trinajstić information content (AvgIpc) is 2.80. The van der Waals surface area contributed by atoms with Gasteiger partial charge in [-0.3, -0.25) is 0 Å². The lowest BCUT2D eigenvalue weighted by Crippen LogP contribution is -2.03. The SMILES string of the molecule is FC(F)(F)c1ccc2oc(Nc3ccccc3)nc2c1. The van der Waals surface area contributed by atoms with Crippen LogP contribution >= 0.6 is 0 Å².